The summed E-state index contributed by atoms with van der Waals surface area (Å²) < 4.78 is 1.33. The summed E-state index contributed by atoms with van der Waals surface area (Å²) in [6.07, 6.45) is 0.409. The molecule has 1 aliphatic heterocycles. The number of hydrogen-bond acceptors (Lipinski definition) is 5. The van der Waals surface area contributed by atoms with Crippen molar-refractivity contribution in [3.05, 3.63) is 74.8 Å². The molecule has 9 heteroatoms. The van der Waals surface area contributed by atoms with Gasteiger partial charge in [0.25, 0.3) is 11.5 Å². The molecule has 0 radical (unpaired) electrons. The minimum atomic E-state index is -0.782. The number of nitrogens with one attached hydrogen (secondary N) is 2. The van der Waals surface area contributed by atoms with Crippen LogP contribution in [0.15, 0.2) is 47.3 Å². The van der Waals surface area contributed by atoms with Crippen LogP contribution in [-0.2, 0) is 16.1 Å². The van der Waals surface area contributed by atoms with E-state index in [4.69, 9.17) is 11.6 Å². The second kappa shape index (κ2) is 8.31. The van der Waals surface area contributed by atoms with Crippen molar-refractivity contribution in [1.29, 1.82) is 0 Å². The lowest BCUT2D eigenvalue weighted by Gasteiger charge is -2.24. The van der Waals surface area contributed by atoms with E-state index in [0.29, 0.717) is 32.9 Å². The average Bonchev–Trinajstić information content (AvgIpc) is 2.74. The van der Waals surface area contributed by atoms with Crippen LogP contribution in [0.3, 0.4) is 0 Å². The van der Waals surface area contributed by atoms with Gasteiger partial charge in [0.05, 0.1) is 10.9 Å². The summed E-state index contributed by atoms with van der Waals surface area (Å²) in [5.41, 5.74) is 1.33. The third kappa shape index (κ3) is 4.20. The number of amides is 3. The Hall–Kier alpha value is -3.52. The first kappa shape index (κ1) is 20.7. The lowest BCUT2D eigenvalue weighted by atomic mass is 10.0. The highest BCUT2D eigenvalue weighted by Crippen LogP contribution is 2.20. The molecular weight excluding hydrogens is 420 g/mol. The number of hydrogen-bond donors (Lipinski definition) is 2. The van der Waals surface area contributed by atoms with Gasteiger partial charge in [0.15, 0.2) is 0 Å². The van der Waals surface area contributed by atoms with Crippen molar-refractivity contribution in [3.63, 3.8) is 0 Å². The third-order valence-corrected chi connectivity index (χ3v) is 5.47. The maximum Gasteiger partial charge on any atom is 0.262 e. The zero-order chi connectivity index (χ0) is 22.1. The molecule has 4 rings (SSSR count). The average molecular weight is 439 g/mol. The molecule has 1 atom stereocenters. The summed E-state index contributed by atoms with van der Waals surface area (Å²) in [4.78, 5) is 53.7. The number of carbonyl (C=O) groups is 3. The molecule has 0 unspecified atom stereocenters. The highest BCUT2D eigenvalue weighted by atomic mass is 35.5. The number of piperidine rings is 1. The number of aryl methyl sites for hydroxylation is 1. The van der Waals surface area contributed by atoms with Gasteiger partial charge in [-0.2, -0.15) is 0 Å². The van der Waals surface area contributed by atoms with Gasteiger partial charge in [-0.15, -0.1) is 0 Å². The van der Waals surface area contributed by atoms with Gasteiger partial charge in [0.2, 0.25) is 11.8 Å². The van der Waals surface area contributed by atoms with Crippen molar-refractivity contribution < 1.29 is 14.4 Å². The minimum Gasteiger partial charge on any atom is -0.348 e. The second-order valence-corrected chi connectivity index (χ2v) is 7.78. The molecule has 0 bridgehead atoms. The largest absolute Gasteiger partial charge is 0.348 e. The van der Waals surface area contributed by atoms with Gasteiger partial charge in [-0.25, -0.2) is 4.98 Å². The van der Waals surface area contributed by atoms with Crippen LogP contribution >= 0.6 is 11.6 Å². The zero-order valence-corrected chi connectivity index (χ0v) is 17.4. The Morgan fingerprint density at radius 1 is 1.19 bits per heavy atom. The van der Waals surface area contributed by atoms with Crippen LogP contribution in [0, 0.1) is 6.92 Å². The summed E-state index contributed by atoms with van der Waals surface area (Å²) in [5, 5.41) is 5.96. The molecule has 3 amide bonds. The molecule has 8 nitrogen and oxygen atoms in total. The van der Waals surface area contributed by atoms with E-state index in [9.17, 15) is 19.2 Å². The molecule has 2 N–H and O–H groups in total. The highest BCUT2D eigenvalue weighted by Gasteiger charge is 2.30. The maximum atomic E-state index is 13.2. The van der Waals surface area contributed by atoms with Crippen molar-refractivity contribution in [3.8, 4) is 0 Å². The Morgan fingerprint density at radius 2 is 1.94 bits per heavy atom. The van der Waals surface area contributed by atoms with Crippen LogP contribution in [0.1, 0.15) is 40.6 Å². The number of fused-ring (bicyclic) bond motifs is 1. The molecule has 2 heterocycles. The van der Waals surface area contributed by atoms with E-state index in [2.05, 4.69) is 15.6 Å². The summed E-state index contributed by atoms with van der Waals surface area (Å²) in [5.74, 6) is -0.719. The first-order valence-corrected chi connectivity index (χ1v) is 10.1. The standard InChI is InChI=1S/C22H19ClN4O4/c1-12-25-17-7-2-13(11-24-20(29)14-3-5-15(23)6-4-14)10-16(17)22(31)27(12)18-8-9-19(28)26-21(18)30/h2-7,10,18H,8-9,11H2,1H3,(H,24,29)(H,26,28,30)/t18-/m1/s1. The lowest BCUT2D eigenvalue weighted by molar-refractivity contribution is -0.135. The SMILES string of the molecule is Cc1nc2ccc(CNC(=O)c3ccc(Cl)cc3)cc2c(=O)n1[C@@H]1CCC(=O)NC1=O. The third-order valence-electron chi connectivity index (χ3n) is 5.22. The second-order valence-electron chi connectivity index (χ2n) is 7.34. The molecule has 1 aliphatic rings. The van der Waals surface area contributed by atoms with Crippen molar-refractivity contribution in [2.24, 2.45) is 0 Å². The van der Waals surface area contributed by atoms with E-state index in [-0.39, 0.29) is 36.8 Å². The first-order valence-electron chi connectivity index (χ1n) is 9.73. The minimum absolute atomic E-state index is 0.164. The van der Waals surface area contributed by atoms with Crippen LogP contribution in [0.4, 0.5) is 0 Å². The number of benzene rings is 2. The highest BCUT2D eigenvalue weighted by molar-refractivity contribution is 6.30. The van der Waals surface area contributed by atoms with Gasteiger partial charge in [0, 0.05) is 23.6 Å². The molecule has 0 spiro atoms. The monoisotopic (exact) mass is 438 g/mol. The van der Waals surface area contributed by atoms with Crippen molar-refractivity contribution in [2.75, 3.05) is 0 Å². The molecule has 158 valence electrons. The molecular formula is C22H19ClN4O4. The molecule has 0 aliphatic carbocycles. The Labute approximate surface area is 182 Å². The van der Waals surface area contributed by atoms with Crippen LogP contribution in [0.5, 0.6) is 0 Å². The van der Waals surface area contributed by atoms with E-state index in [1.807, 2.05) is 0 Å². The molecule has 1 fully saturated rings. The predicted octanol–water partition coefficient (Wildman–Crippen LogP) is 2.27. The van der Waals surface area contributed by atoms with Crippen molar-refractivity contribution >= 4 is 40.2 Å². The Balaban J connectivity index is 1.61. The van der Waals surface area contributed by atoms with Gasteiger partial charge in [0.1, 0.15) is 11.9 Å². The van der Waals surface area contributed by atoms with Crippen molar-refractivity contribution in [2.45, 2.75) is 32.4 Å². The number of imide groups is 1. The Bertz CT molecular complexity index is 1270. The van der Waals surface area contributed by atoms with Gasteiger partial charge >= 0.3 is 0 Å². The number of carbonyl (C=O) groups excluding carboxylic acids is 3. The predicted molar refractivity (Wildman–Crippen MR) is 115 cm³/mol. The summed E-state index contributed by atoms with van der Waals surface area (Å²) in [6, 6.07) is 10.9. The number of halogens is 1. The van der Waals surface area contributed by atoms with Gasteiger partial charge in [-0.1, -0.05) is 17.7 Å². The maximum absolute atomic E-state index is 13.2. The van der Waals surface area contributed by atoms with Crippen LogP contribution in [-0.4, -0.2) is 27.3 Å². The summed E-state index contributed by atoms with van der Waals surface area (Å²) in [7, 11) is 0. The number of nitrogens with zero attached hydrogens (tertiary/aromatic N) is 2. The smallest absolute Gasteiger partial charge is 0.262 e. The van der Waals surface area contributed by atoms with Gasteiger partial charge in [-0.3, -0.25) is 29.1 Å². The van der Waals surface area contributed by atoms with Crippen molar-refractivity contribution in [1.82, 2.24) is 20.2 Å². The number of aromatic nitrogens is 2. The molecule has 1 saturated heterocycles. The normalized spacial score (nSPS) is 16.3. The van der Waals surface area contributed by atoms with E-state index in [0.717, 1.165) is 0 Å². The van der Waals surface area contributed by atoms with E-state index in [1.54, 1.807) is 49.4 Å². The molecule has 31 heavy (non-hydrogen) atoms. The molecule has 3 aromatic rings. The van der Waals surface area contributed by atoms with Crippen LogP contribution in [0.25, 0.3) is 10.9 Å². The Morgan fingerprint density at radius 3 is 2.65 bits per heavy atom. The fourth-order valence-electron chi connectivity index (χ4n) is 3.65. The van der Waals surface area contributed by atoms with E-state index < -0.39 is 11.9 Å². The van der Waals surface area contributed by atoms with Gasteiger partial charge < -0.3 is 5.32 Å². The number of rotatable bonds is 4. The van der Waals surface area contributed by atoms with E-state index >= 15 is 0 Å². The fourth-order valence-corrected chi connectivity index (χ4v) is 3.77. The fraction of sp³-hybridized carbons (Fsp3) is 0.227. The summed E-state index contributed by atoms with van der Waals surface area (Å²) in [6.45, 7) is 1.87. The quantitative estimate of drug-likeness (QED) is 0.607. The Kier molecular flexibility index (Phi) is 5.56. The molecule has 2 aromatic carbocycles. The summed E-state index contributed by atoms with van der Waals surface area (Å²) >= 11 is 5.84. The lowest BCUT2D eigenvalue weighted by Crippen LogP contribution is -2.45. The zero-order valence-electron chi connectivity index (χ0n) is 16.6. The van der Waals surface area contributed by atoms with Crippen LogP contribution < -0.4 is 16.2 Å². The first-order chi connectivity index (χ1) is 14.8. The molecule has 0 saturated carbocycles. The molecule has 1 aromatic heterocycles. The van der Waals surface area contributed by atoms with E-state index in [1.165, 1.54) is 4.57 Å². The van der Waals surface area contributed by atoms with Crippen LogP contribution in [0.2, 0.25) is 5.02 Å². The topological polar surface area (TPSA) is 110 Å². The van der Waals surface area contributed by atoms with Gasteiger partial charge in [-0.05, 0) is 55.3 Å².